The second-order valence-corrected chi connectivity index (χ2v) is 4.18. The molecule has 0 spiro atoms. The van der Waals surface area contributed by atoms with Crippen molar-refractivity contribution in [2.75, 3.05) is 13.7 Å². The average molecular weight is 254 g/mol. The van der Waals surface area contributed by atoms with Crippen LogP contribution in [-0.2, 0) is 11.2 Å². The molecule has 1 aromatic carbocycles. The molecule has 0 bridgehead atoms. The first-order valence-corrected chi connectivity index (χ1v) is 5.72. The normalized spacial score (nSPS) is 9.76. The van der Waals surface area contributed by atoms with Crippen LogP contribution in [0.1, 0.15) is 12.0 Å². The van der Waals surface area contributed by atoms with Crippen molar-refractivity contribution in [2.45, 2.75) is 12.8 Å². The van der Waals surface area contributed by atoms with E-state index in [2.05, 4.69) is 11.9 Å². The highest BCUT2D eigenvalue weighted by Crippen LogP contribution is 2.13. The van der Waals surface area contributed by atoms with Gasteiger partial charge < -0.3 is 10.1 Å². The molecule has 0 saturated carbocycles. The molecule has 92 valence electrons. The third kappa shape index (κ3) is 5.41. The lowest BCUT2D eigenvalue weighted by molar-refractivity contribution is -0.120. The molecule has 0 aromatic heterocycles. The number of halogens is 1. The summed E-state index contributed by atoms with van der Waals surface area (Å²) in [4.78, 5) is 11.4. The van der Waals surface area contributed by atoms with Gasteiger partial charge in [0.2, 0.25) is 5.91 Å². The van der Waals surface area contributed by atoms with Crippen molar-refractivity contribution in [2.24, 2.45) is 0 Å². The zero-order valence-electron chi connectivity index (χ0n) is 9.83. The number of benzene rings is 1. The van der Waals surface area contributed by atoms with Crippen LogP contribution in [0.15, 0.2) is 35.9 Å². The average Bonchev–Trinajstić information content (AvgIpc) is 2.34. The molecular formula is C13H16ClNO2. The summed E-state index contributed by atoms with van der Waals surface area (Å²) in [5.41, 5.74) is 1.07. The van der Waals surface area contributed by atoms with Crippen LogP contribution in [0.2, 0.25) is 0 Å². The van der Waals surface area contributed by atoms with Gasteiger partial charge in [-0.15, -0.1) is 0 Å². The van der Waals surface area contributed by atoms with Gasteiger partial charge in [0.05, 0.1) is 13.7 Å². The predicted molar refractivity (Wildman–Crippen MR) is 69.3 cm³/mol. The molecule has 0 heterocycles. The Kier molecular flexibility index (Phi) is 5.57. The minimum absolute atomic E-state index is 0.0328. The quantitative estimate of drug-likeness (QED) is 0.846. The van der Waals surface area contributed by atoms with E-state index in [1.807, 2.05) is 24.3 Å². The first-order chi connectivity index (χ1) is 8.11. The molecule has 17 heavy (non-hydrogen) atoms. The van der Waals surface area contributed by atoms with E-state index >= 15 is 0 Å². The summed E-state index contributed by atoms with van der Waals surface area (Å²) in [6.07, 6.45) is 1.11. The van der Waals surface area contributed by atoms with Gasteiger partial charge in [-0.25, -0.2) is 0 Å². The molecule has 4 heteroatoms. The van der Waals surface area contributed by atoms with Crippen LogP contribution in [0.4, 0.5) is 0 Å². The highest BCUT2D eigenvalue weighted by molar-refractivity contribution is 6.29. The Morgan fingerprint density at radius 2 is 2.29 bits per heavy atom. The third-order valence-electron chi connectivity index (χ3n) is 2.25. The van der Waals surface area contributed by atoms with E-state index in [9.17, 15) is 4.79 Å². The van der Waals surface area contributed by atoms with Gasteiger partial charge in [-0.1, -0.05) is 30.3 Å². The zero-order chi connectivity index (χ0) is 12.7. The van der Waals surface area contributed by atoms with Gasteiger partial charge in [-0.3, -0.25) is 4.79 Å². The van der Waals surface area contributed by atoms with Gasteiger partial charge >= 0.3 is 0 Å². The van der Waals surface area contributed by atoms with E-state index < -0.39 is 0 Å². The third-order valence-corrected chi connectivity index (χ3v) is 2.39. The molecule has 0 radical (unpaired) electrons. The van der Waals surface area contributed by atoms with E-state index in [0.29, 0.717) is 24.4 Å². The molecule has 1 amide bonds. The summed E-state index contributed by atoms with van der Waals surface area (Å²) in [6.45, 7) is 3.82. The Morgan fingerprint density at radius 1 is 1.53 bits per heavy atom. The lowest BCUT2D eigenvalue weighted by Gasteiger charge is -2.05. The molecule has 0 fully saturated rings. The van der Waals surface area contributed by atoms with E-state index in [1.165, 1.54) is 0 Å². The highest BCUT2D eigenvalue weighted by Gasteiger charge is 2.02. The van der Waals surface area contributed by atoms with Crippen LogP contribution in [-0.4, -0.2) is 19.6 Å². The Bertz CT molecular complexity index is 404. The topological polar surface area (TPSA) is 38.3 Å². The lowest BCUT2D eigenvalue weighted by Crippen LogP contribution is -2.24. The number of rotatable bonds is 6. The van der Waals surface area contributed by atoms with E-state index in [1.54, 1.807) is 7.11 Å². The maximum Gasteiger partial charge on any atom is 0.220 e. The zero-order valence-corrected chi connectivity index (χ0v) is 10.6. The molecule has 0 aliphatic rings. The molecule has 0 saturated heterocycles. The van der Waals surface area contributed by atoms with Crippen LogP contribution < -0.4 is 10.1 Å². The number of nitrogens with one attached hydrogen (secondary N) is 1. The van der Waals surface area contributed by atoms with Crippen molar-refractivity contribution in [3.8, 4) is 5.75 Å². The van der Waals surface area contributed by atoms with Gasteiger partial charge in [0, 0.05) is 11.5 Å². The molecule has 0 aliphatic carbocycles. The minimum Gasteiger partial charge on any atom is -0.497 e. The van der Waals surface area contributed by atoms with Crippen LogP contribution >= 0.6 is 11.6 Å². The second kappa shape index (κ2) is 6.97. The number of carbonyl (C=O) groups is 1. The van der Waals surface area contributed by atoms with Crippen molar-refractivity contribution in [1.29, 1.82) is 0 Å². The SMILES string of the molecule is C=C(Cl)CNC(=O)CCc1cccc(OC)c1. The van der Waals surface area contributed by atoms with Crippen molar-refractivity contribution >= 4 is 17.5 Å². The monoisotopic (exact) mass is 253 g/mol. The van der Waals surface area contributed by atoms with Crippen molar-refractivity contribution in [3.05, 3.63) is 41.4 Å². The molecule has 0 atom stereocenters. The Balaban J connectivity index is 2.39. The molecule has 1 rings (SSSR count). The summed E-state index contributed by atoms with van der Waals surface area (Å²) in [5.74, 6) is 0.770. The number of methoxy groups -OCH3 is 1. The maximum atomic E-state index is 11.4. The van der Waals surface area contributed by atoms with Gasteiger partial charge in [0.25, 0.3) is 0 Å². The van der Waals surface area contributed by atoms with E-state index in [4.69, 9.17) is 16.3 Å². The molecular weight excluding hydrogens is 238 g/mol. The first-order valence-electron chi connectivity index (χ1n) is 5.34. The molecule has 0 aliphatic heterocycles. The fourth-order valence-electron chi connectivity index (χ4n) is 1.37. The minimum atomic E-state index is -0.0328. The number of amides is 1. The van der Waals surface area contributed by atoms with Crippen LogP contribution in [0.25, 0.3) is 0 Å². The molecule has 0 unspecified atom stereocenters. The lowest BCUT2D eigenvalue weighted by atomic mass is 10.1. The van der Waals surface area contributed by atoms with Crippen molar-refractivity contribution < 1.29 is 9.53 Å². The Morgan fingerprint density at radius 3 is 2.94 bits per heavy atom. The fourth-order valence-corrected chi connectivity index (χ4v) is 1.44. The fraction of sp³-hybridized carbons (Fsp3) is 0.308. The Labute approximate surface area is 106 Å². The van der Waals surface area contributed by atoms with Gasteiger partial charge in [-0.2, -0.15) is 0 Å². The second-order valence-electron chi connectivity index (χ2n) is 3.65. The number of hydrogen-bond acceptors (Lipinski definition) is 2. The molecule has 1 aromatic rings. The summed E-state index contributed by atoms with van der Waals surface area (Å²) in [7, 11) is 1.62. The Hall–Kier alpha value is -1.48. The van der Waals surface area contributed by atoms with Crippen molar-refractivity contribution in [3.63, 3.8) is 0 Å². The van der Waals surface area contributed by atoms with Gasteiger partial charge in [0.1, 0.15) is 5.75 Å². The number of carbonyl (C=O) groups excluding carboxylic acids is 1. The van der Waals surface area contributed by atoms with Crippen molar-refractivity contribution in [1.82, 2.24) is 5.32 Å². The summed E-state index contributed by atoms with van der Waals surface area (Å²) in [5, 5.41) is 3.11. The highest BCUT2D eigenvalue weighted by atomic mass is 35.5. The number of ether oxygens (including phenoxy) is 1. The predicted octanol–water partition coefficient (Wildman–Crippen LogP) is 2.50. The molecule has 1 N–H and O–H groups in total. The summed E-state index contributed by atoms with van der Waals surface area (Å²) < 4.78 is 5.11. The van der Waals surface area contributed by atoms with Crippen LogP contribution in [0.5, 0.6) is 5.75 Å². The standard InChI is InChI=1S/C13H16ClNO2/c1-10(14)9-15-13(16)7-6-11-4-3-5-12(8-11)17-2/h3-5,8H,1,6-7,9H2,2H3,(H,15,16). The summed E-state index contributed by atoms with van der Waals surface area (Å²) in [6, 6.07) is 7.68. The van der Waals surface area contributed by atoms with E-state index in [0.717, 1.165) is 11.3 Å². The number of hydrogen-bond donors (Lipinski definition) is 1. The summed E-state index contributed by atoms with van der Waals surface area (Å²) >= 11 is 5.55. The molecule has 3 nitrogen and oxygen atoms in total. The van der Waals surface area contributed by atoms with Gasteiger partial charge in [0.15, 0.2) is 0 Å². The largest absolute Gasteiger partial charge is 0.497 e. The van der Waals surface area contributed by atoms with Gasteiger partial charge in [-0.05, 0) is 24.1 Å². The van der Waals surface area contributed by atoms with Crippen LogP contribution in [0.3, 0.4) is 0 Å². The number of aryl methyl sites for hydroxylation is 1. The first kappa shape index (κ1) is 13.6. The maximum absolute atomic E-state index is 11.4. The smallest absolute Gasteiger partial charge is 0.220 e. The van der Waals surface area contributed by atoms with E-state index in [-0.39, 0.29) is 5.91 Å². The van der Waals surface area contributed by atoms with Crippen LogP contribution in [0, 0.1) is 0 Å².